The predicted molar refractivity (Wildman–Crippen MR) is 116 cm³/mol. The van der Waals surface area contributed by atoms with E-state index in [9.17, 15) is 0 Å². The summed E-state index contributed by atoms with van der Waals surface area (Å²) < 4.78 is 5.30. The van der Waals surface area contributed by atoms with E-state index in [1.807, 2.05) is 11.3 Å². The SMILES string of the molecule is CCNC(=NCCN1CCc2sccc2C1)N1CCC(COC)C1.I. The average Bonchev–Trinajstić information content (AvgIpc) is 3.23. The van der Waals surface area contributed by atoms with E-state index in [-0.39, 0.29) is 24.0 Å². The normalized spacial score (nSPS) is 21.1. The van der Waals surface area contributed by atoms with Crippen LogP contribution >= 0.6 is 35.3 Å². The molecule has 0 radical (unpaired) electrons. The van der Waals surface area contributed by atoms with Gasteiger partial charge in [0.05, 0.1) is 13.2 Å². The maximum atomic E-state index is 5.30. The third-order valence-corrected chi connectivity index (χ3v) is 5.91. The first-order valence-corrected chi connectivity index (χ1v) is 9.98. The Balaban J connectivity index is 0.00000225. The molecule has 1 unspecified atom stereocenters. The second-order valence-corrected chi connectivity index (χ2v) is 7.69. The van der Waals surface area contributed by atoms with Crippen LogP contribution in [0.15, 0.2) is 16.4 Å². The van der Waals surface area contributed by atoms with E-state index in [2.05, 4.69) is 33.5 Å². The molecule has 3 heterocycles. The van der Waals surface area contributed by atoms with Gasteiger partial charge in [0.2, 0.25) is 0 Å². The van der Waals surface area contributed by atoms with Crippen LogP contribution in [0.2, 0.25) is 0 Å². The van der Waals surface area contributed by atoms with E-state index in [1.165, 1.54) is 24.9 Å². The fourth-order valence-corrected chi connectivity index (χ4v) is 4.51. The molecular weight excluding hydrogens is 447 g/mol. The quantitative estimate of drug-likeness (QED) is 0.388. The van der Waals surface area contributed by atoms with Crippen LogP contribution in [0.1, 0.15) is 23.8 Å². The minimum absolute atomic E-state index is 0. The highest BCUT2D eigenvalue weighted by Gasteiger charge is 2.24. The molecule has 7 heteroatoms. The van der Waals surface area contributed by atoms with E-state index < -0.39 is 0 Å². The van der Waals surface area contributed by atoms with Crippen molar-refractivity contribution in [3.63, 3.8) is 0 Å². The van der Waals surface area contributed by atoms with Crippen molar-refractivity contribution in [1.82, 2.24) is 15.1 Å². The summed E-state index contributed by atoms with van der Waals surface area (Å²) in [6, 6.07) is 2.28. The molecular formula is C18H31IN4OS. The third kappa shape index (κ3) is 5.80. The van der Waals surface area contributed by atoms with Crippen LogP contribution in [-0.2, 0) is 17.7 Å². The van der Waals surface area contributed by atoms with Gasteiger partial charge < -0.3 is 15.0 Å². The van der Waals surface area contributed by atoms with E-state index in [0.29, 0.717) is 5.92 Å². The zero-order valence-corrected chi connectivity index (χ0v) is 18.5. The summed E-state index contributed by atoms with van der Waals surface area (Å²) in [5, 5.41) is 5.68. The van der Waals surface area contributed by atoms with Gasteiger partial charge in [-0.1, -0.05) is 0 Å². The zero-order chi connectivity index (χ0) is 16.8. The summed E-state index contributed by atoms with van der Waals surface area (Å²) in [5.41, 5.74) is 1.52. The lowest BCUT2D eigenvalue weighted by atomic mass is 10.1. The Labute approximate surface area is 172 Å². The molecule has 0 spiro atoms. The van der Waals surface area contributed by atoms with Gasteiger partial charge >= 0.3 is 0 Å². The number of rotatable bonds is 6. The van der Waals surface area contributed by atoms with Crippen LogP contribution in [0.25, 0.3) is 0 Å². The summed E-state index contributed by atoms with van der Waals surface area (Å²) in [6.07, 6.45) is 2.40. The van der Waals surface area contributed by atoms with Crippen molar-refractivity contribution in [3.8, 4) is 0 Å². The number of nitrogens with one attached hydrogen (secondary N) is 1. The summed E-state index contributed by atoms with van der Waals surface area (Å²) in [4.78, 5) is 11.4. The van der Waals surface area contributed by atoms with Crippen LogP contribution in [0.3, 0.4) is 0 Å². The molecule has 0 aromatic carbocycles. The van der Waals surface area contributed by atoms with Gasteiger partial charge in [-0.25, -0.2) is 0 Å². The van der Waals surface area contributed by atoms with Crippen LogP contribution in [0.4, 0.5) is 0 Å². The number of methoxy groups -OCH3 is 1. The molecule has 1 saturated heterocycles. The van der Waals surface area contributed by atoms with Crippen LogP contribution in [0, 0.1) is 5.92 Å². The summed E-state index contributed by atoms with van der Waals surface area (Å²) >= 11 is 1.90. The van der Waals surface area contributed by atoms with Crippen molar-refractivity contribution in [2.45, 2.75) is 26.3 Å². The Morgan fingerprint density at radius 1 is 1.44 bits per heavy atom. The Morgan fingerprint density at radius 2 is 2.32 bits per heavy atom. The topological polar surface area (TPSA) is 40.1 Å². The van der Waals surface area contributed by atoms with Crippen molar-refractivity contribution in [1.29, 1.82) is 0 Å². The Morgan fingerprint density at radius 3 is 3.12 bits per heavy atom. The Kier molecular flexibility index (Phi) is 8.95. The van der Waals surface area contributed by atoms with Crippen LogP contribution in [0.5, 0.6) is 0 Å². The number of hydrogen-bond donors (Lipinski definition) is 1. The minimum atomic E-state index is 0. The van der Waals surface area contributed by atoms with Gasteiger partial charge in [-0.2, -0.15) is 0 Å². The monoisotopic (exact) mass is 478 g/mol. The molecule has 0 aliphatic carbocycles. The van der Waals surface area contributed by atoms with Gasteiger partial charge in [0.25, 0.3) is 0 Å². The average molecular weight is 478 g/mol. The van der Waals surface area contributed by atoms with Crippen molar-refractivity contribution in [2.75, 3.05) is 53.0 Å². The highest BCUT2D eigenvalue weighted by Crippen LogP contribution is 2.23. The number of guanidine groups is 1. The van der Waals surface area contributed by atoms with E-state index in [0.717, 1.165) is 51.8 Å². The fraction of sp³-hybridized carbons (Fsp3) is 0.722. The molecule has 1 aromatic heterocycles. The van der Waals surface area contributed by atoms with E-state index in [4.69, 9.17) is 9.73 Å². The largest absolute Gasteiger partial charge is 0.384 e. The van der Waals surface area contributed by atoms with Gasteiger partial charge in [0.15, 0.2) is 5.96 Å². The molecule has 5 nitrogen and oxygen atoms in total. The van der Waals surface area contributed by atoms with E-state index in [1.54, 1.807) is 12.0 Å². The van der Waals surface area contributed by atoms with Gasteiger partial charge in [0, 0.05) is 57.2 Å². The molecule has 25 heavy (non-hydrogen) atoms. The lowest BCUT2D eigenvalue weighted by Crippen LogP contribution is -2.41. The molecule has 2 aliphatic heterocycles. The van der Waals surface area contributed by atoms with Gasteiger partial charge in [-0.05, 0) is 36.8 Å². The number of hydrogen-bond acceptors (Lipinski definition) is 4. The number of fused-ring (bicyclic) bond motifs is 1. The molecule has 142 valence electrons. The molecule has 1 fully saturated rings. The number of aliphatic imine (C=N–C) groups is 1. The number of thiophene rings is 1. The van der Waals surface area contributed by atoms with Gasteiger partial charge in [0.1, 0.15) is 0 Å². The molecule has 0 bridgehead atoms. The third-order valence-electron chi connectivity index (χ3n) is 4.89. The summed E-state index contributed by atoms with van der Waals surface area (Å²) in [5.74, 6) is 1.71. The molecule has 3 rings (SSSR count). The van der Waals surface area contributed by atoms with Crippen molar-refractivity contribution in [2.24, 2.45) is 10.9 Å². The predicted octanol–water partition coefficient (Wildman–Crippen LogP) is 2.66. The Hall–Kier alpha value is -0.380. The standard InChI is InChI=1S/C18H30N4OS.HI/c1-3-19-18(22-9-4-15(12-22)14-23-2)20-7-10-21-8-5-17-16(13-21)6-11-24-17;/h6,11,15H,3-5,7-10,12-14H2,1-2H3,(H,19,20);1H. The summed E-state index contributed by atoms with van der Waals surface area (Å²) in [6.45, 7) is 10.2. The van der Waals surface area contributed by atoms with Gasteiger partial charge in [-0.3, -0.25) is 9.89 Å². The molecule has 1 atom stereocenters. The highest BCUT2D eigenvalue weighted by atomic mass is 127. The van der Waals surface area contributed by atoms with Crippen LogP contribution in [-0.4, -0.2) is 68.7 Å². The van der Waals surface area contributed by atoms with Gasteiger partial charge in [-0.15, -0.1) is 35.3 Å². The fourth-order valence-electron chi connectivity index (χ4n) is 3.62. The molecule has 0 saturated carbocycles. The first-order chi connectivity index (χ1) is 11.8. The number of halogens is 1. The number of nitrogens with zero attached hydrogens (tertiary/aromatic N) is 3. The first kappa shape index (κ1) is 20.9. The maximum Gasteiger partial charge on any atom is 0.193 e. The minimum Gasteiger partial charge on any atom is -0.384 e. The molecule has 1 N–H and O–H groups in total. The van der Waals surface area contributed by atoms with Crippen molar-refractivity contribution in [3.05, 3.63) is 21.9 Å². The number of likely N-dealkylation sites (tertiary alicyclic amines) is 1. The molecule has 0 amide bonds. The summed E-state index contributed by atoms with van der Waals surface area (Å²) in [7, 11) is 1.79. The molecule has 2 aliphatic rings. The smallest absolute Gasteiger partial charge is 0.193 e. The highest BCUT2D eigenvalue weighted by molar-refractivity contribution is 14.0. The van der Waals surface area contributed by atoms with Crippen LogP contribution < -0.4 is 5.32 Å². The lowest BCUT2D eigenvalue weighted by molar-refractivity contribution is 0.157. The zero-order valence-electron chi connectivity index (χ0n) is 15.4. The maximum absolute atomic E-state index is 5.30. The van der Waals surface area contributed by atoms with Crippen molar-refractivity contribution < 1.29 is 4.74 Å². The first-order valence-electron chi connectivity index (χ1n) is 9.10. The number of ether oxygens (including phenoxy) is 1. The second-order valence-electron chi connectivity index (χ2n) is 6.69. The lowest BCUT2D eigenvalue weighted by Gasteiger charge is -2.26. The van der Waals surface area contributed by atoms with Crippen molar-refractivity contribution >= 4 is 41.3 Å². The second kappa shape index (κ2) is 10.7. The van der Waals surface area contributed by atoms with E-state index >= 15 is 0 Å². The molecule has 1 aromatic rings. The Bertz CT molecular complexity index is 551.